The first kappa shape index (κ1) is 35.2. The van der Waals surface area contributed by atoms with E-state index in [0.717, 1.165) is 45.0 Å². The fourth-order valence-electron chi connectivity index (χ4n) is 8.97. The Labute approximate surface area is 350 Å². The second-order valence-electron chi connectivity index (χ2n) is 15.3. The van der Waals surface area contributed by atoms with Crippen LogP contribution in [0.3, 0.4) is 0 Å². The van der Waals surface area contributed by atoms with E-state index in [9.17, 15) is 0 Å². The van der Waals surface area contributed by atoms with Crippen LogP contribution in [0, 0.1) is 0 Å². The molecule has 0 saturated heterocycles. The summed E-state index contributed by atoms with van der Waals surface area (Å²) in [7, 11) is 0. The Morgan fingerprint density at radius 2 is 0.750 bits per heavy atom. The van der Waals surface area contributed by atoms with Gasteiger partial charge in [-0.25, -0.2) is 0 Å². The Morgan fingerprint density at radius 1 is 0.283 bits per heavy atom. The van der Waals surface area contributed by atoms with E-state index in [2.05, 4.69) is 252 Å². The summed E-state index contributed by atoms with van der Waals surface area (Å²) < 4.78 is 2.43. The molecule has 0 fully saturated rings. The molecular weight excluding hydrogens is 725 g/mol. The Bertz CT molecular complexity index is 3230. The van der Waals surface area contributed by atoms with Gasteiger partial charge in [-0.2, -0.15) is 0 Å². The summed E-state index contributed by atoms with van der Waals surface area (Å²) in [5.74, 6) is 0. The maximum absolute atomic E-state index is 2.43. The molecular formula is C58H40N2. The molecule has 282 valence electrons. The molecule has 0 amide bonds. The first-order valence-electron chi connectivity index (χ1n) is 20.6. The van der Waals surface area contributed by atoms with Gasteiger partial charge in [0.25, 0.3) is 0 Å². The molecule has 10 aromatic carbocycles. The minimum Gasteiger partial charge on any atom is -0.310 e. The van der Waals surface area contributed by atoms with Crippen LogP contribution < -0.4 is 4.90 Å². The molecule has 11 rings (SSSR count). The number of rotatable bonds is 8. The summed E-state index contributed by atoms with van der Waals surface area (Å²) in [6.45, 7) is 0. The highest BCUT2D eigenvalue weighted by Crippen LogP contribution is 2.45. The molecule has 60 heavy (non-hydrogen) atoms. The molecule has 0 radical (unpaired) electrons. The van der Waals surface area contributed by atoms with Gasteiger partial charge in [-0.15, -0.1) is 0 Å². The van der Waals surface area contributed by atoms with Gasteiger partial charge in [-0.05, 0) is 92.7 Å². The highest BCUT2D eigenvalue weighted by molar-refractivity contribution is 6.10. The van der Waals surface area contributed by atoms with Crippen LogP contribution >= 0.6 is 0 Å². The smallest absolute Gasteiger partial charge is 0.0542 e. The van der Waals surface area contributed by atoms with Crippen molar-refractivity contribution in [3.63, 3.8) is 0 Å². The van der Waals surface area contributed by atoms with E-state index in [4.69, 9.17) is 0 Å². The Morgan fingerprint density at radius 3 is 1.47 bits per heavy atom. The largest absolute Gasteiger partial charge is 0.310 e. The zero-order chi connectivity index (χ0) is 39.8. The second-order valence-corrected chi connectivity index (χ2v) is 15.3. The van der Waals surface area contributed by atoms with Gasteiger partial charge in [-0.3, -0.25) is 0 Å². The van der Waals surface area contributed by atoms with E-state index in [-0.39, 0.29) is 0 Å². The predicted molar refractivity (Wildman–Crippen MR) is 255 cm³/mol. The lowest BCUT2D eigenvalue weighted by molar-refractivity contribution is 1.17. The van der Waals surface area contributed by atoms with Crippen molar-refractivity contribution in [3.05, 3.63) is 243 Å². The molecule has 2 nitrogen and oxygen atoms in total. The topological polar surface area (TPSA) is 8.17 Å². The van der Waals surface area contributed by atoms with Crippen molar-refractivity contribution in [3.8, 4) is 50.2 Å². The lowest BCUT2D eigenvalue weighted by Crippen LogP contribution is -2.12. The molecule has 0 aliphatic heterocycles. The van der Waals surface area contributed by atoms with Crippen LogP contribution in [0.25, 0.3) is 82.8 Å². The van der Waals surface area contributed by atoms with Crippen LogP contribution in [0.1, 0.15) is 0 Å². The fourth-order valence-corrected chi connectivity index (χ4v) is 8.97. The molecule has 1 aromatic heterocycles. The minimum absolute atomic E-state index is 1.07. The second kappa shape index (κ2) is 15.1. The van der Waals surface area contributed by atoms with Gasteiger partial charge in [0.15, 0.2) is 0 Å². The van der Waals surface area contributed by atoms with Crippen molar-refractivity contribution in [2.45, 2.75) is 0 Å². The molecule has 0 spiro atoms. The van der Waals surface area contributed by atoms with E-state index in [1.807, 2.05) is 0 Å². The number of fused-ring (bicyclic) bond motifs is 4. The average molecular weight is 765 g/mol. The normalized spacial score (nSPS) is 11.3. The van der Waals surface area contributed by atoms with Gasteiger partial charge in [0.2, 0.25) is 0 Å². The number of hydrogen-bond acceptors (Lipinski definition) is 1. The highest BCUT2D eigenvalue weighted by atomic mass is 15.1. The average Bonchev–Trinajstić information content (AvgIpc) is 3.67. The summed E-state index contributed by atoms with van der Waals surface area (Å²) in [5.41, 5.74) is 16.2. The van der Waals surface area contributed by atoms with Crippen LogP contribution in [-0.2, 0) is 0 Å². The number of benzene rings is 10. The fraction of sp³-hybridized carbons (Fsp3) is 0. The van der Waals surface area contributed by atoms with Crippen LogP contribution in [0.2, 0.25) is 0 Å². The van der Waals surface area contributed by atoms with Crippen molar-refractivity contribution < 1.29 is 0 Å². The van der Waals surface area contributed by atoms with Gasteiger partial charge in [0, 0.05) is 33.3 Å². The van der Waals surface area contributed by atoms with E-state index < -0.39 is 0 Å². The van der Waals surface area contributed by atoms with E-state index >= 15 is 0 Å². The first-order valence-corrected chi connectivity index (χ1v) is 20.6. The monoisotopic (exact) mass is 764 g/mol. The van der Waals surface area contributed by atoms with Gasteiger partial charge in [0.05, 0.1) is 22.4 Å². The van der Waals surface area contributed by atoms with Gasteiger partial charge >= 0.3 is 0 Å². The lowest BCUT2D eigenvalue weighted by Gasteiger charge is -2.29. The number of anilines is 3. The number of hydrogen-bond donors (Lipinski definition) is 0. The molecule has 1 heterocycles. The van der Waals surface area contributed by atoms with Crippen LogP contribution in [-0.4, -0.2) is 4.57 Å². The van der Waals surface area contributed by atoms with Crippen molar-refractivity contribution >= 4 is 49.6 Å². The summed E-state index contributed by atoms with van der Waals surface area (Å²) in [6, 6.07) is 87.9. The zero-order valence-corrected chi connectivity index (χ0v) is 33.0. The van der Waals surface area contributed by atoms with Crippen LogP contribution in [0.4, 0.5) is 17.1 Å². The van der Waals surface area contributed by atoms with Crippen LogP contribution in [0.15, 0.2) is 243 Å². The molecule has 11 aromatic rings. The molecule has 2 heteroatoms. The predicted octanol–water partition coefficient (Wildman–Crippen LogP) is 16.1. The number of nitrogens with zero attached hydrogens (tertiary/aromatic N) is 2. The molecule has 0 N–H and O–H groups in total. The molecule has 0 saturated carbocycles. The van der Waals surface area contributed by atoms with Gasteiger partial charge in [-0.1, -0.05) is 194 Å². The molecule has 0 aliphatic rings. The number of aromatic nitrogens is 1. The van der Waals surface area contributed by atoms with Crippen molar-refractivity contribution in [2.24, 2.45) is 0 Å². The van der Waals surface area contributed by atoms with Crippen molar-refractivity contribution in [1.82, 2.24) is 4.57 Å². The first-order chi connectivity index (χ1) is 29.8. The summed E-state index contributed by atoms with van der Waals surface area (Å²) in [4.78, 5) is 2.43. The van der Waals surface area contributed by atoms with E-state index in [0.29, 0.717) is 0 Å². The maximum atomic E-state index is 2.43. The summed E-state index contributed by atoms with van der Waals surface area (Å²) >= 11 is 0. The Balaban J connectivity index is 1.12. The van der Waals surface area contributed by atoms with Crippen molar-refractivity contribution in [1.29, 1.82) is 0 Å². The molecule has 0 aliphatic carbocycles. The lowest BCUT2D eigenvalue weighted by atomic mass is 9.96. The SMILES string of the molecule is c1ccc(-c2ccc(-c3ccccc3N(c3ccc(-c4cccc5ccccc45)cc3)c3ccc(-n4c5ccccc5c5ccccc54)c(-c4ccccc4)c3)cc2)cc1. The number of para-hydroxylation sites is 3. The minimum atomic E-state index is 1.07. The molecule has 0 bridgehead atoms. The Kier molecular flexibility index (Phi) is 8.87. The van der Waals surface area contributed by atoms with E-state index in [1.165, 1.54) is 54.8 Å². The summed E-state index contributed by atoms with van der Waals surface area (Å²) in [6.07, 6.45) is 0. The van der Waals surface area contributed by atoms with E-state index in [1.54, 1.807) is 0 Å². The third kappa shape index (κ3) is 6.23. The molecule has 0 atom stereocenters. The highest BCUT2D eigenvalue weighted by Gasteiger charge is 2.21. The summed E-state index contributed by atoms with van der Waals surface area (Å²) in [5, 5.41) is 4.99. The Hall–Kier alpha value is -7.94. The third-order valence-corrected chi connectivity index (χ3v) is 11.8. The van der Waals surface area contributed by atoms with Crippen molar-refractivity contribution in [2.75, 3.05) is 4.90 Å². The maximum Gasteiger partial charge on any atom is 0.0542 e. The van der Waals surface area contributed by atoms with Crippen LogP contribution in [0.5, 0.6) is 0 Å². The standard InChI is InChI=1S/C58H40N2/c1-3-16-41(17-4-1)42-30-32-46(33-31-42)51-23-9-12-27-55(51)59(47-36-34-45(35-37-47)50-26-15-21-43-20-7-8-22-49(43)50)48-38-39-58(54(40-48)44-18-5-2-6-19-44)60-56-28-13-10-24-52(56)53-25-11-14-29-57(53)60/h1-40H. The molecule has 0 unspecified atom stereocenters. The third-order valence-electron chi connectivity index (χ3n) is 11.8. The van der Waals surface area contributed by atoms with Gasteiger partial charge < -0.3 is 9.47 Å². The zero-order valence-electron chi connectivity index (χ0n) is 33.0. The quantitative estimate of drug-likeness (QED) is 0.150. The van der Waals surface area contributed by atoms with Gasteiger partial charge in [0.1, 0.15) is 0 Å².